The topological polar surface area (TPSA) is 65.5 Å². The summed E-state index contributed by atoms with van der Waals surface area (Å²) in [6.45, 7) is 3.69. The number of hydrogen-bond acceptors (Lipinski definition) is 4. The van der Waals surface area contributed by atoms with E-state index in [0.717, 1.165) is 16.3 Å². The van der Waals surface area contributed by atoms with Crippen LogP contribution in [0, 0.1) is 6.92 Å². The van der Waals surface area contributed by atoms with Gasteiger partial charge in [-0.05, 0) is 38.1 Å². The van der Waals surface area contributed by atoms with E-state index in [4.69, 9.17) is 5.11 Å². The van der Waals surface area contributed by atoms with E-state index in [1.807, 2.05) is 36.6 Å². The molecule has 2 amide bonds. The summed E-state index contributed by atoms with van der Waals surface area (Å²) >= 11 is 1.60. The summed E-state index contributed by atoms with van der Waals surface area (Å²) in [5.41, 5.74) is 2.75. The number of anilines is 1. The predicted molar refractivity (Wildman–Crippen MR) is 85.6 cm³/mol. The second kappa shape index (κ2) is 6.69. The lowest BCUT2D eigenvalue weighted by Crippen LogP contribution is -2.40. The van der Waals surface area contributed by atoms with Gasteiger partial charge in [-0.1, -0.05) is 0 Å². The molecule has 1 unspecified atom stereocenters. The molecule has 1 atom stereocenters. The van der Waals surface area contributed by atoms with Crippen molar-refractivity contribution in [3.63, 3.8) is 0 Å². The molecule has 0 radical (unpaired) electrons. The number of carbonyl (C=O) groups excluding carboxylic acids is 1. The summed E-state index contributed by atoms with van der Waals surface area (Å²) in [6, 6.07) is 7.10. The van der Waals surface area contributed by atoms with E-state index in [0.29, 0.717) is 5.69 Å². The molecule has 0 fully saturated rings. The van der Waals surface area contributed by atoms with Crippen LogP contribution in [0.25, 0.3) is 10.6 Å². The van der Waals surface area contributed by atoms with Crippen LogP contribution in [0.3, 0.4) is 0 Å². The maximum Gasteiger partial charge on any atom is 0.321 e. The monoisotopic (exact) mass is 305 g/mol. The number of hydrogen-bond donors (Lipinski definition) is 2. The Labute approximate surface area is 128 Å². The zero-order chi connectivity index (χ0) is 15.4. The summed E-state index contributed by atoms with van der Waals surface area (Å²) in [4.78, 5) is 17.9. The number of aliphatic hydroxyl groups is 1. The third-order valence-electron chi connectivity index (χ3n) is 3.25. The van der Waals surface area contributed by atoms with E-state index < -0.39 is 0 Å². The molecule has 5 nitrogen and oxygen atoms in total. The van der Waals surface area contributed by atoms with Crippen LogP contribution in [-0.2, 0) is 0 Å². The first-order chi connectivity index (χ1) is 10.0. The largest absolute Gasteiger partial charge is 0.394 e. The fourth-order valence-corrected chi connectivity index (χ4v) is 2.52. The van der Waals surface area contributed by atoms with E-state index >= 15 is 0 Å². The molecule has 0 saturated carbocycles. The van der Waals surface area contributed by atoms with Crippen molar-refractivity contribution in [2.75, 3.05) is 19.0 Å². The van der Waals surface area contributed by atoms with Crippen LogP contribution in [0.5, 0.6) is 0 Å². The summed E-state index contributed by atoms with van der Waals surface area (Å²) in [5, 5.41) is 14.8. The maximum atomic E-state index is 12.0. The van der Waals surface area contributed by atoms with Gasteiger partial charge >= 0.3 is 6.03 Å². The fraction of sp³-hybridized carbons (Fsp3) is 0.333. The third-order valence-corrected chi connectivity index (χ3v) is 4.26. The van der Waals surface area contributed by atoms with Gasteiger partial charge in [-0.15, -0.1) is 11.3 Å². The lowest BCUT2D eigenvalue weighted by atomic mass is 10.2. The van der Waals surface area contributed by atoms with Crippen molar-refractivity contribution in [3.05, 3.63) is 35.3 Å². The summed E-state index contributed by atoms with van der Waals surface area (Å²) in [5.74, 6) is 0. The number of benzene rings is 1. The van der Waals surface area contributed by atoms with E-state index in [1.54, 1.807) is 25.3 Å². The summed E-state index contributed by atoms with van der Waals surface area (Å²) in [6.07, 6.45) is 0. The molecule has 0 aliphatic rings. The average molecular weight is 305 g/mol. The van der Waals surface area contributed by atoms with E-state index in [-0.39, 0.29) is 18.7 Å². The zero-order valence-corrected chi connectivity index (χ0v) is 13.1. The minimum atomic E-state index is -0.241. The molecule has 0 aliphatic heterocycles. The molecule has 112 valence electrons. The number of aliphatic hydroxyl groups excluding tert-OH is 1. The Morgan fingerprint density at radius 2 is 2.10 bits per heavy atom. The number of nitrogens with one attached hydrogen (secondary N) is 1. The van der Waals surface area contributed by atoms with Gasteiger partial charge in [0.15, 0.2) is 0 Å². The number of aryl methyl sites for hydroxylation is 1. The summed E-state index contributed by atoms with van der Waals surface area (Å²) in [7, 11) is 1.66. The smallest absolute Gasteiger partial charge is 0.321 e. The molecule has 2 N–H and O–H groups in total. The van der Waals surface area contributed by atoms with Gasteiger partial charge in [-0.3, -0.25) is 0 Å². The molecule has 0 spiro atoms. The molecular formula is C15H19N3O2S. The highest BCUT2D eigenvalue weighted by atomic mass is 32.1. The molecule has 21 heavy (non-hydrogen) atoms. The van der Waals surface area contributed by atoms with Crippen LogP contribution in [0.2, 0.25) is 0 Å². The van der Waals surface area contributed by atoms with Crippen molar-refractivity contribution in [2.45, 2.75) is 19.9 Å². The van der Waals surface area contributed by atoms with Crippen molar-refractivity contribution in [2.24, 2.45) is 0 Å². The third kappa shape index (κ3) is 3.80. The first-order valence-electron chi connectivity index (χ1n) is 6.68. The Bertz CT molecular complexity index is 610. The molecule has 1 aromatic heterocycles. The maximum absolute atomic E-state index is 12.0. The van der Waals surface area contributed by atoms with Crippen LogP contribution >= 0.6 is 11.3 Å². The van der Waals surface area contributed by atoms with Gasteiger partial charge in [0.1, 0.15) is 5.01 Å². The highest BCUT2D eigenvalue weighted by Crippen LogP contribution is 2.24. The lowest BCUT2D eigenvalue weighted by molar-refractivity contribution is 0.166. The van der Waals surface area contributed by atoms with Gasteiger partial charge in [0.05, 0.1) is 12.6 Å². The van der Waals surface area contributed by atoms with Gasteiger partial charge < -0.3 is 15.3 Å². The molecule has 2 aromatic rings. The number of likely N-dealkylation sites (N-methyl/N-ethyl adjacent to an activating group) is 1. The van der Waals surface area contributed by atoms with Gasteiger partial charge in [0.25, 0.3) is 0 Å². The molecule has 0 bridgehead atoms. The minimum Gasteiger partial charge on any atom is -0.394 e. The highest BCUT2D eigenvalue weighted by Gasteiger charge is 2.14. The van der Waals surface area contributed by atoms with Crippen molar-refractivity contribution >= 4 is 23.1 Å². The minimum absolute atomic E-state index is 0.0632. The molecule has 0 aliphatic carbocycles. The Balaban J connectivity index is 2.04. The van der Waals surface area contributed by atoms with E-state index in [2.05, 4.69) is 10.3 Å². The summed E-state index contributed by atoms with van der Waals surface area (Å²) < 4.78 is 0. The average Bonchev–Trinajstić information content (AvgIpc) is 2.93. The lowest BCUT2D eigenvalue weighted by Gasteiger charge is -2.23. The van der Waals surface area contributed by atoms with E-state index in [9.17, 15) is 4.79 Å². The Morgan fingerprint density at radius 1 is 1.43 bits per heavy atom. The Morgan fingerprint density at radius 3 is 2.62 bits per heavy atom. The zero-order valence-electron chi connectivity index (χ0n) is 12.3. The van der Waals surface area contributed by atoms with Crippen molar-refractivity contribution in [1.82, 2.24) is 9.88 Å². The highest BCUT2D eigenvalue weighted by molar-refractivity contribution is 7.13. The molecule has 1 heterocycles. The van der Waals surface area contributed by atoms with Crippen molar-refractivity contribution in [3.8, 4) is 10.6 Å². The first-order valence-corrected chi connectivity index (χ1v) is 7.56. The number of thiazole rings is 1. The number of aromatic nitrogens is 1. The van der Waals surface area contributed by atoms with Gasteiger partial charge in [-0.25, -0.2) is 9.78 Å². The quantitative estimate of drug-likeness (QED) is 0.912. The Hall–Kier alpha value is -1.92. The van der Waals surface area contributed by atoms with Crippen molar-refractivity contribution in [1.29, 1.82) is 0 Å². The molecule has 0 saturated heterocycles. The van der Waals surface area contributed by atoms with Crippen LogP contribution in [0.4, 0.5) is 10.5 Å². The molecule has 2 rings (SSSR count). The van der Waals surface area contributed by atoms with Crippen LogP contribution in [-0.4, -0.2) is 40.7 Å². The number of nitrogens with zero attached hydrogens (tertiary/aromatic N) is 2. The second-order valence-electron chi connectivity index (χ2n) is 4.94. The molecule has 6 heteroatoms. The number of amides is 2. The Kier molecular flexibility index (Phi) is 4.93. The molecule has 1 aromatic carbocycles. The predicted octanol–water partition coefficient (Wildman–Crippen LogP) is 2.96. The van der Waals surface area contributed by atoms with Crippen LogP contribution in [0.1, 0.15) is 12.6 Å². The SMILES string of the molecule is Cc1csc(-c2ccc(NC(=O)N(C)C(C)CO)cc2)n1. The van der Waals surface area contributed by atoms with Gasteiger partial charge in [0.2, 0.25) is 0 Å². The first kappa shape index (κ1) is 15.5. The standard InChI is InChI=1S/C15H19N3O2S/c1-10-9-21-14(16-10)12-4-6-13(7-5-12)17-15(20)18(3)11(2)8-19/h4-7,9,11,19H,8H2,1-3H3,(H,17,20). The fourth-order valence-electron chi connectivity index (χ4n) is 1.72. The normalized spacial score (nSPS) is 12.0. The number of carbonyl (C=O) groups is 1. The number of urea groups is 1. The molecular weight excluding hydrogens is 286 g/mol. The number of rotatable bonds is 4. The van der Waals surface area contributed by atoms with E-state index in [1.165, 1.54) is 4.90 Å². The second-order valence-corrected chi connectivity index (χ2v) is 5.80. The van der Waals surface area contributed by atoms with Crippen molar-refractivity contribution < 1.29 is 9.90 Å². The van der Waals surface area contributed by atoms with Crippen LogP contribution < -0.4 is 5.32 Å². The van der Waals surface area contributed by atoms with Crippen LogP contribution in [0.15, 0.2) is 29.6 Å². The van der Waals surface area contributed by atoms with Gasteiger partial charge in [-0.2, -0.15) is 0 Å². The van der Waals surface area contributed by atoms with Gasteiger partial charge in [0, 0.05) is 29.4 Å².